The molecule has 4 nitrogen and oxygen atoms in total. The predicted molar refractivity (Wildman–Crippen MR) is 136 cm³/mol. The van der Waals surface area contributed by atoms with Crippen LogP contribution in [0.3, 0.4) is 0 Å². The number of hydrogen-bond donors (Lipinski definition) is 2. The summed E-state index contributed by atoms with van der Waals surface area (Å²) in [5, 5.41) is 19.1. The van der Waals surface area contributed by atoms with Crippen LogP contribution in [0, 0.1) is 0 Å². The molecule has 34 heavy (non-hydrogen) atoms. The Hall–Kier alpha value is -3.53. The van der Waals surface area contributed by atoms with E-state index < -0.39 is 11.5 Å². The molecule has 1 heterocycles. The van der Waals surface area contributed by atoms with Crippen LogP contribution in [-0.2, 0) is 16.8 Å². The summed E-state index contributed by atoms with van der Waals surface area (Å²) in [5.74, 6) is 0.0331. The summed E-state index contributed by atoms with van der Waals surface area (Å²) in [6, 6.07) is 22.9. The summed E-state index contributed by atoms with van der Waals surface area (Å²) in [6.45, 7) is 3.09. The van der Waals surface area contributed by atoms with Gasteiger partial charge in [-0.15, -0.1) is 0 Å². The van der Waals surface area contributed by atoms with Crippen molar-refractivity contribution in [2.75, 3.05) is 11.4 Å². The number of benzene rings is 3. The molecule has 5 rings (SSSR count). The van der Waals surface area contributed by atoms with E-state index in [2.05, 4.69) is 48.2 Å². The van der Waals surface area contributed by atoms with Crippen LogP contribution in [-0.4, -0.2) is 22.7 Å². The summed E-state index contributed by atoms with van der Waals surface area (Å²) >= 11 is 0. The van der Waals surface area contributed by atoms with Crippen LogP contribution >= 0.6 is 0 Å². The van der Waals surface area contributed by atoms with Crippen molar-refractivity contribution in [3.8, 4) is 5.75 Å². The molecule has 174 valence electrons. The van der Waals surface area contributed by atoms with Crippen molar-refractivity contribution in [3.05, 3.63) is 101 Å². The van der Waals surface area contributed by atoms with E-state index in [1.807, 2.05) is 24.3 Å². The van der Waals surface area contributed by atoms with Gasteiger partial charge in [-0.1, -0.05) is 55.3 Å². The van der Waals surface area contributed by atoms with Gasteiger partial charge in [0.1, 0.15) is 5.75 Å². The van der Waals surface area contributed by atoms with Crippen molar-refractivity contribution in [1.82, 2.24) is 0 Å². The molecule has 1 atom stereocenters. The van der Waals surface area contributed by atoms with E-state index in [-0.39, 0.29) is 0 Å². The predicted octanol–water partition coefficient (Wildman–Crippen LogP) is 6.47. The highest BCUT2D eigenvalue weighted by atomic mass is 16.4. The van der Waals surface area contributed by atoms with Crippen molar-refractivity contribution in [3.63, 3.8) is 0 Å². The van der Waals surface area contributed by atoms with Crippen LogP contribution in [0.1, 0.15) is 66.3 Å². The molecule has 1 fully saturated rings. The number of aliphatic carboxylic acids is 1. The minimum atomic E-state index is -0.954. The number of carbonyl (C=O) groups is 1. The number of anilines is 1. The van der Waals surface area contributed by atoms with Crippen LogP contribution in [0.4, 0.5) is 5.69 Å². The summed E-state index contributed by atoms with van der Waals surface area (Å²) in [4.78, 5) is 13.4. The van der Waals surface area contributed by atoms with E-state index in [0.717, 1.165) is 35.7 Å². The monoisotopic (exact) mass is 453 g/mol. The molecule has 0 saturated heterocycles. The van der Waals surface area contributed by atoms with Crippen LogP contribution in [0.2, 0.25) is 0 Å². The van der Waals surface area contributed by atoms with Crippen molar-refractivity contribution in [2.24, 2.45) is 0 Å². The van der Waals surface area contributed by atoms with Crippen LogP contribution in [0.5, 0.6) is 5.75 Å². The average Bonchev–Trinajstić information content (AvgIpc) is 3.38. The lowest BCUT2D eigenvalue weighted by Gasteiger charge is -2.48. The smallest absolute Gasteiger partial charge is 0.328 e. The fourth-order valence-corrected chi connectivity index (χ4v) is 5.83. The van der Waals surface area contributed by atoms with Gasteiger partial charge in [0.2, 0.25) is 0 Å². The number of aromatic hydroxyl groups is 1. The number of nitrogens with zero attached hydrogens (tertiary/aromatic N) is 1. The number of hydrogen-bond acceptors (Lipinski definition) is 3. The maximum Gasteiger partial charge on any atom is 0.328 e. The molecule has 0 radical (unpaired) electrons. The highest BCUT2D eigenvalue weighted by Crippen LogP contribution is 2.45. The molecular formula is C30H31NO3. The number of phenolic OH excluding ortho intramolecular Hbond substituents is 1. The zero-order chi connectivity index (χ0) is 23.7. The normalized spacial score (nSPS) is 20.6. The Kier molecular flexibility index (Phi) is 5.91. The number of fused-ring (bicyclic) bond motifs is 1. The zero-order valence-electron chi connectivity index (χ0n) is 19.6. The Morgan fingerprint density at radius 2 is 1.71 bits per heavy atom. The molecule has 3 aromatic carbocycles. The SMILES string of the molecule is CC1(c2ccc(/C=C/C(=O)O)cc2)c2ccc(O)cc2CCN1c1ccc(C2CCCC2)cc1. The van der Waals surface area contributed by atoms with Gasteiger partial charge >= 0.3 is 5.97 Å². The first kappa shape index (κ1) is 22.3. The zero-order valence-corrected chi connectivity index (χ0v) is 19.6. The maximum absolute atomic E-state index is 10.9. The van der Waals surface area contributed by atoms with Gasteiger partial charge in [0.05, 0.1) is 5.54 Å². The summed E-state index contributed by atoms with van der Waals surface area (Å²) < 4.78 is 0. The minimum Gasteiger partial charge on any atom is -0.508 e. The van der Waals surface area contributed by atoms with Crippen LogP contribution in [0.15, 0.2) is 72.8 Å². The molecule has 2 N–H and O–H groups in total. The first-order valence-electron chi connectivity index (χ1n) is 12.2. The summed E-state index contributed by atoms with van der Waals surface area (Å²) in [7, 11) is 0. The molecule has 0 bridgehead atoms. The van der Waals surface area contributed by atoms with Crippen molar-refractivity contribution in [2.45, 2.75) is 50.5 Å². The van der Waals surface area contributed by atoms with E-state index in [1.54, 1.807) is 12.1 Å². The molecule has 0 amide bonds. The fourth-order valence-electron chi connectivity index (χ4n) is 5.83. The van der Waals surface area contributed by atoms with E-state index in [4.69, 9.17) is 5.11 Å². The molecule has 2 aliphatic rings. The van der Waals surface area contributed by atoms with E-state index in [1.165, 1.54) is 42.5 Å². The second-order valence-electron chi connectivity index (χ2n) is 9.68. The average molecular weight is 454 g/mol. The van der Waals surface area contributed by atoms with Gasteiger partial charge in [0, 0.05) is 18.3 Å². The quantitative estimate of drug-likeness (QED) is 0.435. The Morgan fingerprint density at radius 1 is 1.00 bits per heavy atom. The third kappa shape index (κ3) is 4.09. The Bertz CT molecular complexity index is 1210. The van der Waals surface area contributed by atoms with Gasteiger partial charge < -0.3 is 15.1 Å². The van der Waals surface area contributed by atoms with Crippen molar-refractivity contribution < 1.29 is 15.0 Å². The Morgan fingerprint density at radius 3 is 2.38 bits per heavy atom. The van der Waals surface area contributed by atoms with Gasteiger partial charge in [0.15, 0.2) is 0 Å². The van der Waals surface area contributed by atoms with Crippen molar-refractivity contribution >= 4 is 17.7 Å². The minimum absolute atomic E-state index is 0.296. The molecule has 3 aromatic rings. The molecular weight excluding hydrogens is 422 g/mol. The Balaban J connectivity index is 1.55. The van der Waals surface area contributed by atoms with Gasteiger partial charge in [0.25, 0.3) is 0 Å². The third-order valence-electron chi connectivity index (χ3n) is 7.68. The first-order chi connectivity index (χ1) is 16.4. The topological polar surface area (TPSA) is 60.8 Å². The molecule has 0 aromatic heterocycles. The molecule has 1 aliphatic heterocycles. The molecule has 1 unspecified atom stereocenters. The highest BCUT2D eigenvalue weighted by Gasteiger charge is 2.40. The Labute approximate surface area is 201 Å². The maximum atomic E-state index is 10.9. The highest BCUT2D eigenvalue weighted by molar-refractivity contribution is 5.85. The molecule has 1 aliphatic carbocycles. The standard InChI is InChI=1S/C30H31NO3/c1-30(25-11-6-21(7-12-25)8-17-29(33)34)28-16-15-27(32)20-24(28)18-19-31(30)26-13-9-23(10-14-26)22-4-2-3-5-22/h6-17,20,22,32H,2-5,18-19H2,1H3,(H,33,34)/b17-8+. The summed E-state index contributed by atoms with van der Waals surface area (Å²) in [5.41, 5.74) is 6.54. The van der Waals surface area contributed by atoms with Crippen LogP contribution < -0.4 is 4.90 Å². The lowest BCUT2D eigenvalue weighted by Crippen LogP contribution is -2.49. The van der Waals surface area contributed by atoms with Crippen molar-refractivity contribution in [1.29, 1.82) is 0 Å². The van der Waals surface area contributed by atoms with Gasteiger partial charge in [-0.05, 0) is 90.3 Å². The summed E-state index contributed by atoms with van der Waals surface area (Å²) in [6.07, 6.45) is 8.88. The lowest BCUT2D eigenvalue weighted by molar-refractivity contribution is -0.131. The second kappa shape index (κ2) is 9.02. The third-order valence-corrected chi connectivity index (χ3v) is 7.68. The number of carboxylic acid groups (broad SMARTS) is 1. The number of carboxylic acids is 1. The molecule has 1 saturated carbocycles. The first-order valence-corrected chi connectivity index (χ1v) is 12.2. The lowest BCUT2D eigenvalue weighted by atomic mass is 9.76. The molecule has 4 heteroatoms. The van der Waals surface area contributed by atoms with Gasteiger partial charge in [-0.25, -0.2) is 4.79 Å². The number of rotatable bonds is 5. The van der Waals surface area contributed by atoms with Gasteiger partial charge in [-0.2, -0.15) is 0 Å². The van der Waals surface area contributed by atoms with E-state index in [9.17, 15) is 9.90 Å². The van der Waals surface area contributed by atoms with E-state index in [0.29, 0.717) is 11.7 Å². The largest absolute Gasteiger partial charge is 0.508 e. The van der Waals surface area contributed by atoms with Gasteiger partial charge in [-0.3, -0.25) is 0 Å². The number of phenols is 1. The fraction of sp³-hybridized carbons (Fsp3) is 0.300. The molecule has 0 spiro atoms. The van der Waals surface area contributed by atoms with E-state index >= 15 is 0 Å². The second-order valence-corrected chi connectivity index (χ2v) is 9.68. The van der Waals surface area contributed by atoms with Crippen LogP contribution in [0.25, 0.3) is 6.08 Å².